The van der Waals surface area contributed by atoms with Crippen molar-refractivity contribution in [1.29, 1.82) is 0 Å². The van der Waals surface area contributed by atoms with Gasteiger partial charge in [0, 0.05) is 14.4 Å². The van der Waals surface area contributed by atoms with Crippen LogP contribution in [0.15, 0.2) is 51.8 Å². The third kappa shape index (κ3) is 3.78. The lowest BCUT2D eigenvalue weighted by Crippen LogP contribution is -2.13. The number of nitrogens with one attached hydrogen (secondary N) is 1. The summed E-state index contributed by atoms with van der Waals surface area (Å²) < 4.78 is 0.683. The van der Waals surface area contributed by atoms with Gasteiger partial charge in [-0.1, -0.05) is 30.7 Å². The molecule has 0 atom stereocenters. The van der Waals surface area contributed by atoms with E-state index in [0.717, 1.165) is 16.3 Å². The highest BCUT2D eigenvalue weighted by molar-refractivity contribution is 9.10. The van der Waals surface area contributed by atoms with Crippen LogP contribution in [-0.2, 0) is 0 Å². The second-order valence-corrected chi connectivity index (χ2v) is 6.60. The van der Waals surface area contributed by atoms with Crippen LogP contribution in [0.4, 0.5) is 5.69 Å². The molecule has 0 bridgehead atoms. The zero-order chi connectivity index (χ0) is 14.5. The first kappa shape index (κ1) is 15.4. The van der Waals surface area contributed by atoms with Gasteiger partial charge in [0.15, 0.2) is 0 Å². The minimum atomic E-state index is -0.155. The molecule has 0 spiro atoms. The number of hydrogen-bond acceptors (Lipinski definition) is 2. The Balaban J connectivity index is 2.23. The largest absolute Gasteiger partial charge is 0.321 e. The molecule has 0 unspecified atom stereocenters. The summed E-state index contributed by atoms with van der Waals surface area (Å²) in [6.07, 6.45) is 0. The molecule has 1 amide bonds. The summed E-state index contributed by atoms with van der Waals surface area (Å²) in [5.74, 6) is 0.801. The normalized spacial score (nSPS) is 10.3. The Bertz CT molecular complexity index is 633. The van der Waals surface area contributed by atoms with E-state index < -0.39 is 0 Å². The Morgan fingerprint density at radius 2 is 2.05 bits per heavy atom. The average Bonchev–Trinajstić information content (AvgIpc) is 2.41. The Hall–Kier alpha value is -0.970. The number of para-hydroxylation sites is 1. The zero-order valence-electron chi connectivity index (χ0n) is 10.8. The number of thioether (sulfide) groups is 1. The summed E-state index contributed by atoms with van der Waals surface area (Å²) in [6, 6.07) is 12.9. The molecule has 0 aliphatic heterocycles. The van der Waals surface area contributed by atoms with Gasteiger partial charge in [0.25, 0.3) is 5.91 Å². The Kier molecular flexibility index (Phi) is 5.52. The van der Waals surface area contributed by atoms with Gasteiger partial charge in [-0.15, -0.1) is 11.8 Å². The molecule has 104 valence electrons. The number of hydrogen-bond donors (Lipinski definition) is 1. The molecule has 1 N–H and O–H groups in total. The fourth-order valence-corrected chi connectivity index (χ4v) is 3.34. The third-order valence-electron chi connectivity index (χ3n) is 2.61. The van der Waals surface area contributed by atoms with E-state index in [4.69, 9.17) is 11.6 Å². The first-order chi connectivity index (χ1) is 9.61. The second kappa shape index (κ2) is 7.16. The molecule has 0 heterocycles. The molecule has 5 heteroatoms. The van der Waals surface area contributed by atoms with Crippen molar-refractivity contribution in [2.45, 2.75) is 11.8 Å². The van der Waals surface area contributed by atoms with Gasteiger partial charge in [-0.05, 0) is 52.0 Å². The lowest BCUT2D eigenvalue weighted by molar-refractivity contribution is 0.102. The highest BCUT2D eigenvalue weighted by atomic mass is 79.9. The van der Waals surface area contributed by atoms with Crippen molar-refractivity contribution in [3.8, 4) is 0 Å². The first-order valence-electron chi connectivity index (χ1n) is 6.10. The standard InChI is InChI=1S/C15H13BrClNOS/c1-2-20-14-6-4-3-5-13(14)18-15(19)11-8-7-10(17)9-12(11)16/h3-9H,2H2,1H3,(H,18,19). The van der Waals surface area contributed by atoms with Gasteiger partial charge in [-0.2, -0.15) is 0 Å². The number of benzene rings is 2. The second-order valence-electron chi connectivity index (χ2n) is 4.01. The highest BCUT2D eigenvalue weighted by Crippen LogP contribution is 2.28. The van der Waals surface area contributed by atoms with Crippen molar-refractivity contribution in [3.05, 3.63) is 57.5 Å². The minimum absolute atomic E-state index is 0.155. The van der Waals surface area contributed by atoms with Crippen molar-refractivity contribution in [2.75, 3.05) is 11.1 Å². The van der Waals surface area contributed by atoms with Crippen molar-refractivity contribution >= 4 is 50.9 Å². The molecular formula is C15H13BrClNOS. The quantitative estimate of drug-likeness (QED) is 0.723. The molecule has 20 heavy (non-hydrogen) atoms. The lowest BCUT2D eigenvalue weighted by Gasteiger charge is -2.11. The first-order valence-corrected chi connectivity index (χ1v) is 8.25. The minimum Gasteiger partial charge on any atom is -0.321 e. The number of carbonyl (C=O) groups is 1. The number of rotatable bonds is 4. The summed E-state index contributed by atoms with van der Waals surface area (Å²) in [5.41, 5.74) is 1.39. The number of carbonyl (C=O) groups excluding carboxylic acids is 1. The topological polar surface area (TPSA) is 29.1 Å². The molecular weight excluding hydrogens is 358 g/mol. The summed E-state index contributed by atoms with van der Waals surface area (Å²) in [7, 11) is 0. The van der Waals surface area contributed by atoms with E-state index in [1.165, 1.54) is 0 Å². The molecule has 0 radical (unpaired) electrons. The van der Waals surface area contributed by atoms with Crippen LogP contribution in [0.25, 0.3) is 0 Å². The molecule has 2 rings (SSSR count). The maximum absolute atomic E-state index is 12.3. The average molecular weight is 371 g/mol. The van der Waals surface area contributed by atoms with Gasteiger partial charge in [0.05, 0.1) is 11.3 Å². The molecule has 0 saturated carbocycles. The van der Waals surface area contributed by atoms with E-state index in [1.807, 2.05) is 24.3 Å². The van der Waals surface area contributed by atoms with E-state index in [2.05, 4.69) is 28.2 Å². The molecule has 2 aromatic rings. The van der Waals surface area contributed by atoms with E-state index in [9.17, 15) is 4.79 Å². The maximum atomic E-state index is 12.3. The van der Waals surface area contributed by atoms with Crippen LogP contribution in [0.5, 0.6) is 0 Å². The van der Waals surface area contributed by atoms with Crippen molar-refractivity contribution in [1.82, 2.24) is 0 Å². The van der Waals surface area contributed by atoms with Crippen molar-refractivity contribution < 1.29 is 4.79 Å². The van der Waals surface area contributed by atoms with E-state index >= 15 is 0 Å². The van der Waals surface area contributed by atoms with Gasteiger partial charge in [0.1, 0.15) is 0 Å². The highest BCUT2D eigenvalue weighted by Gasteiger charge is 2.12. The fourth-order valence-electron chi connectivity index (χ4n) is 1.71. The smallest absolute Gasteiger partial charge is 0.256 e. The fraction of sp³-hybridized carbons (Fsp3) is 0.133. The van der Waals surface area contributed by atoms with E-state index in [0.29, 0.717) is 15.1 Å². The van der Waals surface area contributed by atoms with E-state index in [1.54, 1.807) is 30.0 Å². The summed E-state index contributed by atoms with van der Waals surface area (Å²) in [6.45, 7) is 2.08. The lowest BCUT2D eigenvalue weighted by atomic mass is 10.2. The van der Waals surface area contributed by atoms with Crippen LogP contribution in [0.1, 0.15) is 17.3 Å². The summed E-state index contributed by atoms with van der Waals surface area (Å²) in [5, 5.41) is 3.53. The van der Waals surface area contributed by atoms with Crippen LogP contribution in [0, 0.1) is 0 Å². The summed E-state index contributed by atoms with van der Waals surface area (Å²) in [4.78, 5) is 13.4. The molecule has 0 aliphatic carbocycles. The maximum Gasteiger partial charge on any atom is 0.256 e. The monoisotopic (exact) mass is 369 g/mol. The Morgan fingerprint density at radius 1 is 1.30 bits per heavy atom. The Labute approximate surface area is 136 Å². The van der Waals surface area contributed by atoms with Crippen LogP contribution >= 0.6 is 39.3 Å². The van der Waals surface area contributed by atoms with Gasteiger partial charge in [-0.25, -0.2) is 0 Å². The van der Waals surface area contributed by atoms with Crippen LogP contribution in [-0.4, -0.2) is 11.7 Å². The predicted octanol–water partition coefficient (Wildman–Crippen LogP) is 5.47. The molecule has 2 nitrogen and oxygen atoms in total. The van der Waals surface area contributed by atoms with Crippen LogP contribution in [0.3, 0.4) is 0 Å². The molecule has 0 saturated heterocycles. The predicted molar refractivity (Wildman–Crippen MR) is 89.9 cm³/mol. The van der Waals surface area contributed by atoms with Crippen molar-refractivity contribution in [2.24, 2.45) is 0 Å². The number of halogens is 2. The van der Waals surface area contributed by atoms with Crippen LogP contribution in [0.2, 0.25) is 5.02 Å². The Morgan fingerprint density at radius 3 is 2.75 bits per heavy atom. The van der Waals surface area contributed by atoms with Crippen LogP contribution < -0.4 is 5.32 Å². The molecule has 0 aliphatic rings. The third-order valence-corrected chi connectivity index (χ3v) is 4.46. The van der Waals surface area contributed by atoms with E-state index in [-0.39, 0.29) is 5.91 Å². The van der Waals surface area contributed by atoms with Gasteiger partial charge in [-0.3, -0.25) is 4.79 Å². The van der Waals surface area contributed by atoms with Gasteiger partial charge < -0.3 is 5.32 Å². The molecule has 0 aromatic heterocycles. The number of anilines is 1. The molecule has 0 fully saturated rings. The molecule has 2 aromatic carbocycles. The van der Waals surface area contributed by atoms with Gasteiger partial charge in [0.2, 0.25) is 0 Å². The zero-order valence-corrected chi connectivity index (χ0v) is 14.0. The summed E-state index contributed by atoms with van der Waals surface area (Å²) >= 11 is 10.9. The van der Waals surface area contributed by atoms with Gasteiger partial charge >= 0.3 is 0 Å². The van der Waals surface area contributed by atoms with Crippen molar-refractivity contribution in [3.63, 3.8) is 0 Å². The SMILES string of the molecule is CCSc1ccccc1NC(=O)c1ccc(Cl)cc1Br. The number of amides is 1.